The van der Waals surface area contributed by atoms with Crippen LogP contribution in [0.2, 0.25) is 0 Å². The molecule has 0 aliphatic heterocycles. The third-order valence-electron chi connectivity index (χ3n) is 2.66. The van der Waals surface area contributed by atoms with E-state index in [1.165, 1.54) is 20.2 Å². The van der Waals surface area contributed by atoms with Gasteiger partial charge in [-0.15, -0.1) is 0 Å². The normalized spacial score (nSPS) is 11.8. The first-order valence-corrected chi connectivity index (χ1v) is 8.13. The summed E-state index contributed by atoms with van der Waals surface area (Å²) in [5.74, 6) is 0.561. The first-order chi connectivity index (χ1) is 9.39. The van der Waals surface area contributed by atoms with E-state index in [9.17, 15) is 8.42 Å². The van der Waals surface area contributed by atoms with E-state index >= 15 is 0 Å². The number of nitrogens with one attached hydrogen (secondary N) is 1. The van der Waals surface area contributed by atoms with Gasteiger partial charge in [0.15, 0.2) is 0 Å². The van der Waals surface area contributed by atoms with Crippen molar-refractivity contribution in [3.63, 3.8) is 0 Å². The highest BCUT2D eigenvalue weighted by atomic mass is 79.9. The SMILES string of the molecule is CN(C)S(=O)(=O)c1ccc(CNc2cccc(Br)c2)o1. The van der Waals surface area contributed by atoms with Crippen LogP contribution in [0, 0.1) is 0 Å². The zero-order valence-corrected chi connectivity index (χ0v) is 13.5. The third-order valence-corrected chi connectivity index (χ3v) is 4.85. The molecule has 0 unspecified atom stereocenters. The van der Waals surface area contributed by atoms with Gasteiger partial charge < -0.3 is 9.73 Å². The highest BCUT2D eigenvalue weighted by Crippen LogP contribution is 2.19. The fraction of sp³-hybridized carbons (Fsp3) is 0.231. The third kappa shape index (κ3) is 3.41. The van der Waals surface area contributed by atoms with Crippen molar-refractivity contribution in [1.82, 2.24) is 4.31 Å². The maximum atomic E-state index is 11.9. The summed E-state index contributed by atoms with van der Waals surface area (Å²) in [5.41, 5.74) is 0.924. The van der Waals surface area contributed by atoms with Crippen molar-refractivity contribution in [3.8, 4) is 0 Å². The standard InChI is InChI=1S/C13H15BrN2O3S/c1-16(2)20(17,18)13-7-6-12(19-13)9-15-11-5-3-4-10(14)8-11/h3-8,15H,9H2,1-2H3. The van der Waals surface area contributed by atoms with E-state index in [-0.39, 0.29) is 5.09 Å². The fourth-order valence-electron chi connectivity index (χ4n) is 1.56. The summed E-state index contributed by atoms with van der Waals surface area (Å²) in [6.45, 7) is 0.416. The molecule has 0 bridgehead atoms. The summed E-state index contributed by atoms with van der Waals surface area (Å²) >= 11 is 3.39. The Morgan fingerprint density at radius 3 is 2.65 bits per heavy atom. The van der Waals surface area contributed by atoms with Crippen LogP contribution < -0.4 is 5.32 Å². The average Bonchev–Trinajstić information content (AvgIpc) is 2.85. The molecule has 0 aliphatic rings. The predicted octanol–water partition coefficient (Wildman–Crippen LogP) is 2.90. The molecule has 2 aromatic rings. The van der Waals surface area contributed by atoms with Gasteiger partial charge in [0.05, 0.1) is 6.54 Å². The van der Waals surface area contributed by atoms with E-state index in [1.807, 2.05) is 24.3 Å². The number of benzene rings is 1. The van der Waals surface area contributed by atoms with Gasteiger partial charge in [-0.1, -0.05) is 22.0 Å². The molecule has 0 atom stereocenters. The lowest BCUT2D eigenvalue weighted by atomic mass is 10.3. The monoisotopic (exact) mass is 358 g/mol. The van der Waals surface area contributed by atoms with Crippen LogP contribution in [0.15, 0.2) is 50.4 Å². The van der Waals surface area contributed by atoms with E-state index in [0.717, 1.165) is 14.5 Å². The molecule has 0 radical (unpaired) electrons. The summed E-state index contributed by atoms with van der Waals surface area (Å²) in [6, 6.07) is 10.8. The van der Waals surface area contributed by atoms with Crippen molar-refractivity contribution in [3.05, 3.63) is 46.6 Å². The lowest BCUT2D eigenvalue weighted by Crippen LogP contribution is -2.21. The van der Waals surface area contributed by atoms with Crippen LogP contribution in [0.25, 0.3) is 0 Å². The Morgan fingerprint density at radius 1 is 1.25 bits per heavy atom. The molecule has 5 nitrogen and oxygen atoms in total. The van der Waals surface area contributed by atoms with Gasteiger partial charge in [-0.25, -0.2) is 12.7 Å². The smallest absolute Gasteiger partial charge is 0.275 e. The van der Waals surface area contributed by atoms with Gasteiger partial charge in [0.1, 0.15) is 5.76 Å². The van der Waals surface area contributed by atoms with Gasteiger partial charge in [-0.3, -0.25) is 0 Å². The van der Waals surface area contributed by atoms with Crippen molar-refractivity contribution < 1.29 is 12.8 Å². The zero-order chi connectivity index (χ0) is 14.8. The molecule has 20 heavy (non-hydrogen) atoms. The van der Waals surface area contributed by atoms with Crippen LogP contribution in [0.3, 0.4) is 0 Å². The number of rotatable bonds is 5. The van der Waals surface area contributed by atoms with Gasteiger partial charge in [0.2, 0.25) is 5.09 Å². The number of hydrogen-bond donors (Lipinski definition) is 1. The Balaban J connectivity index is 2.07. The Kier molecular flexibility index (Phi) is 4.52. The minimum absolute atomic E-state index is 0.0476. The van der Waals surface area contributed by atoms with Gasteiger partial charge in [-0.2, -0.15) is 0 Å². The molecule has 108 valence electrons. The van der Waals surface area contributed by atoms with Crippen molar-refractivity contribution in [1.29, 1.82) is 0 Å². The lowest BCUT2D eigenvalue weighted by Gasteiger charge is -2.08. The number of anilines is 1. The molecule has 7 heteroatoms. The summed E-state index contributed by atoms with van der Waals surface area (Å²) in [5, 5.41) is 3.12. The minimum Gasteiger partial charge on any atom is -0.446 e. The largest absolute Gasteiger partial charge is 0.446 e. The quantitative estimate of drug-likeness (QED) is 0.892. The first kappa shape index (κ1) is 15.1. The zero-order valence-electron chi connectivity index (χ0n) is 11.1. The number of nitrogens with zero attached hydrogens (tertiary/aromatic N) is 1. The molecule has 0 spiro atoms. The van der Waals surface area contributed by atoms with Crippen molar-refractivity contribution in [2.24, 2.45) is 0 Å². The molecule has 1 aromatic carbocycles. The van der Waals surface area contributed by atoms with Crippen LogP contribution >= 0.6 is 15.9 Å². The van der Waals surface area contributed by atoms with Crippen molar-refractivity contribution in [2.75, 3.05) is 19.4 Å². The highest BCUT2D eigenvalue weighted by molar-refractivity contribution is 9.10. The predicted molar refractivity (Wildman–Crippen MR) is 81.0 cm³/mol. The maximum Gasteiger partial charge on any atom is 0.275 e. The number of sulfonamides is 1. The Labute approximate surface area is 126 Å². The molecule has 0 fully saturated rings. The van der Waals surface area contributed by atoms with E-state index in [1.54, 1.807) is 6.07 Å². The lowest BCUT2D eigenvalue weighted by molar-refractivity contribution is 0.402. The van der Waals surface area contributed by atoms with Gasteiger partial charge in [0.25, 0.3) is 10.0 Å². The first-order valence-electron chi connectivity index (χ1n) is 5.90. The summed E-state index contributed by atoms with van der Waals surface area (Å²) < 4.78 is 31.2. The van der Waals surface area contributed by atoms with Crippen LogP contribution in [0.5, 0.6) is 0 Å². The average molecular weight is 359 g/mol. The Bertz CT molecular complexity index is 695. The molecular weight excluding hydrogens is 344 g/mol. The van der Waals surface area contributed by atoms with Crippen molar-refractivity contribution >= 4 is 31.6 Å². The molecule has 0 amide bonds. The van der Waals surface area contributed by atoms with E-state index < -0.39 is 10.0 Å². The fourth-order valence-corrected chi connectivity index (χ4v) is 2.77. The van der Waals surface area contributed by atoms with Gasteiger partial charge >= 0.3 is 0 Å². The van der Waals surface area contributed by atoms with Gasteiger partial charge in [0, 0.05) is 24.3 Å². The molecular formula is C13H15BrN2O3S. The Morgan fingerprint density at radius 2 is 2.00 bits per heavy atom. The maximum absolute atomic E-state index is 11.9. The summed E-state index contributed by atoms with van der Waals surface area (Å²) in [4.78, 5) is 0. The Hall–Kier alpha value is -1.31. The van der Waals surface area contributed by atoms with Crippen LogP contribution in [0.1, 0.15) is 5.76 Å². The van der Waals surface area contributed by atoms with Crippen LogP contribution in [-0.2, 0) is 16.6 Å². The highest BCUT2D eigenvalue weighted by Gasteiger charge is 2.21. The molecule has 1 aromatic heterocycles. The van der Waals surface area contributed by atoms with E-state index in [4.69, 9.17) is 4.42 Å². The number of halogens is 1. The molecule has 0 saturated carbocycles. The van der Waals surface area contributed by atoms with E-state index in [2.05, 4.69) is 21.2 Å². The number of hydrogen-bond acceptors (Lipinski definition) is 4. The summed E-state index contributed by atoms with van der Waals surface area (Å²) in [6.07, 6.45) is 0. The molecule has 2 rings (SSSR count). The second kappa shape index (κ2) is 5.99. The number of furan rings is 1. The van der Waals surface area contributed by atoms with Crippen molar-refractivity contribution in [2.45, 2.75) is 11.6 Å². The van der Waals surface area contributed by atoms with Gasteiger partial charge in [-0.05, 0) is 30.3 Å². The second-order valence-electron chi connectivity index (χ2n) is 4.37. The molecule has 1 heterocycles. The minimum atomic E-state index is -3.51. The molecule has 0 aliphatic carbocycles. The second-order valence-corrected chi connectivity index (χ2v) is 7.37. The van der Waals surface area contributed by atoms with E-state index in [0.29, 0.717) is 12.3 Å². The van der Waals surface area contributed by atoms with Crippen LogP contribution in [-0.4, -0.2) is 26.8 Å². The summed E-state index contributed by atoms with van der Waals surface area (Å²) in [7, 11) is -0.575. The topological polar surface area (TPSA) is 62.6 Å². The molecule has 0 saturated heterocycles. The molecule has 1 N–H and O–H groups in total. The van der Waals surface area contributed by atoms with Crippen LogP contribution in [0.4, 0.5) is 5.69 Å².